The van der Waals surface area contributed by atoms with Crippen LogP contribution in [-0.4, -0.2) is 38.6 Å². The summed E-state index contributed by atoms with van der Waals surface area (Å²) in [6.45, 7) is 5.46. The SMILES string of the molecule is CCN1CCCC1Cn1c(N)nc2cnccc21. The Hall–Kier alpha value is -1.62. The number of pyridine rings is 1. The van der Waals surface area contributed by atoms with Crippen molar-refractivity contribution in [3.63, 3.8) is 0 Å². The second-order valence-electron chi connectivity index (χ2n) is 4.87. The topological polar surface area (TPSA) is 60.0 Å². The molecule has 2 aromatic heterocycles. The lowest BCUT2D eigenvalue weighted by Gasteiger charge is -2.23. The van der Waals surface area contributed by atoms with Crippen molar-refractivity contribution in [1.29, 1.82) is 0 Å². The molecule has 0 amide bonds. The minimum Gasteiger partial charge on any atom is -0.369 e. The van der Waals surface area contributed by atoms with E-state index in [-0.39, 0.29) is 0 Å². The average molecular weight is 245 g/mol. The maximum absolute atomic E-state index is 6.02. The minimum absolute atomic E-state index is 0.586. The highest BCUT2D eigenvalue weighted by Crippen LogP contribution is 2.23. The standard InChI is InChI=1S/C13H19N5/c1-2-17-7-3-4-10(17)9-18-12-5-6-15-8-11(12)16-13(18)14/h5-6,8,10H,2-4,7,9H2,1H3,(H2,14,16). The second-order valence-corrected chi connectivity index (χ2v) is 4.87. The highest BCUT2D eigenvalue weighted by molar-refractivity contribution is 5.77. The van der Waals surface area contributed by atoms with Crippen molar-refractivity contribution in [2.24, 2.45) is 0 Å². The summed E-state index contributed by atoms with van der Waals surface area (Å²) in [5.41, 5.74) is 8.00. The Labute approximate surface area is 107 Å². The monoisotopic (exact) mass is 245 g/mol. The minimum atomic E-state index is 0.586. The van der Waals surface area contributed by atoms with Crippen molar-refractivity contribution in [3.8, 4) is 0 Å². The van der Waals surface area contributed by atoms with Gasteiger partial charge in [0.1, 0.15) is 5.52 Å². The molecule has 1 aliphatic rings. The van der Waals surface area contributed by atoms with E-state index in [4.69, 9.17) is 5.73 Å². The molecular weight excluding hydrogens is 226 g/mol. The van der Waals surface area contributed by atoms with E-state index >= 15 is 0 Å². The molecule has 2 aromatic rings. The number of nitrogen functional groups attached to an aromatic ring is 1. The van der Waals surface area contributed by atoms with Gasteiger partial charge < -0.3 is 10.3 Å². The van der Waals surface area contributed by atoms with Crippen LogP contribution in [0.5, 0.6) is 0 Å². The summed E-state index contributed by atoms with van der Waals surface area (Å²) in [4.78, 5) is 11.0. The summed E-state index contributed by atoms with van der Waals surface area (Å²) in [7, 11) is 0. The summed E-state index contributed by atoms with van der Waals surface area (Å²) in [5, 5.41) is 0. The molecule has 1 fully saturated rings. The van der Waals surface area contributed by atoms with Crippen molar-refractivity contribution >= 4 is 17.0 Å². The van der Waals surface area contributed by atoms with Gasteiger partial charge in [-0.05, 0) is 32.0 Å². The second kappa shape index (κ2) is 4.57. The fraction of sp³-hybridized carbons (Fsp3) is 0.538. The zero-order chi connectivity index (χ0) is 12.5. The maximum Gasteiger partial charge on any atom is 0.201 e. The van der Waals surface area contributed by atoms with Crippen LogP contribution in [0.25, 0.3) is 11.0 Å². The van der Waals surface area contributed by atoms with Gasteiger partial charge >= 0.3 is 0 Å². The predicted molar refractivity (Wildman–Crippen MR) is 72.2 cm³/mol. The van der Waals surface area contributed by atoms with Gasteiger partial charge in [-0.2, -0.15) is 0 Å². The molecule has 96 valence electrons. The van der Waals surface area contributed by atoms with E-state index in [1.165, 1.54) is 19.4 Å². The van der Waals surface area contributed by atoms with E-state index < -0.39 is 0 Å². The molecule has 18 heavy (non-hydrogen) atoms. The van der Waals surface area contributed by atoms with Gasteiger partial charge in [-0.25, -0.2) is 4.98 Å². The highest BCUT2D eigenvalue weighted by Gasteiger charge is 2.24. The van der Waals surface area contributed by atoms with E-state index in [1.807, 2.05) is 6.07 Å². The first-order valence-corrected chi connectivity index (χ1v) is 6.59. The van der Waals surface area contributed by atoms with Crippen LogP contribution >= 0.6 is 0 Å². The van der Waals surface area contributed by atoms with Crippen LogP contribution in [-0.2, 0) is 6.54 Å². The van der Waals surface area contributed by atoms with E-state index in [9.17, 15) is 0 Å². The van der Waals surface area contributed by atoms with Gasteiger partial charge in [0, 0.05) is 18.8 Å². The molecule has 0 saturated carbocycles. The van der Waals surface area contributed by atoms with E-state index in [1.54, 1.807) is 12.4 Å². The van der Waals surface area contributed by atoms with Crippen LogP contribution in [0.1, 0.15) is 19.8 Å². The highest BCUT2D eigenvalue weighted by atomic mass is 15.2. The Morgan fingerprint density at radius 2 is 2.39 bits per heavy atom. The average Bonchev–Trinajstić information content (AvgIpc) is 2.95. The summed E-state index contributed by atoms with van der Waals surface area (Å²) in [6, 6.07) is 2.58. The molecule has 3 rings (SSSR count). The number of hydrogen-bond acceptors (Lipinski definition) is 4. The van der Waals surface area contributed by atoms with Crippen molar-refractivity contribution in [1.82, 2.24) is 19.4 Å². The van der Waals surface area contributed by atoms with Gasteiger partial charge in [-0.15, -0.1) is 0 Å². The quantitative estimate of drug-likeness (QED) is 0.890. The van der Waals surface area contributed by atoms with Gasteiger partial charge in [-0.1, -0.05) is 6.92 Å². The first-order chi connectivity index (χ1) is 8.79. The lowest BCUT2D eigenvalue weighted by molar-refractivity contribution is 0.246. The number of likely N-dealkylation sites (tertiary alicyclic amines) is 1. The third kappa shape index (κ3) is 1.84. The van der Waals surface area contributed by atoms with Crippen molar-refractivity contribution in [3.05, 3.63) is 18.5 Å². The van der Waals surface area contributed by atoms with E-state index in [0.29, 0.717) is 12.0 Å². The van der Waals surface area contributed by atoms with Gasteiger partial charge in [0.25, 0.3) is 0 Å². The molecule has 5 heteroatoms. The number of anilines is 1. The third-order valence-corrected chi connectivity index (χ3v) is 3.88. The number of nitrogens with zero attached hydrogens (tertiary/aromatic N) is 4. The van der Waals surface area contributed by atoms with Crippen LogP contribution in [0.2, 0.25) is 0 Å². The first kappa shape index (κ1) is 11.5. The van der Waals surface area contributed by atoms with Crippen molar-refractivity contribution in [2.45, 2.75) is 32.4 Å². The van der Waals surface area contributed by atoms with E-state index in [2.05, 4.69) is 26.4 Å². The maximum atomic E-state index is 6.02. The predicted octanol–water partition coefficient (Wildman–Crippen LogP) is 1.50. The molecule has 1 atom stereocenters. The van der Waals surface area contributed by atoms with Gasteiger partial charge in [0.05, 0.1) is 11.7 Å². The number of imidazole rings is 1. The van der Waals surface area contributed by atoms with Gasteiger partial charge in [0.2, 0.25) is 5.95 Å². The number of rotatable bonds is 3. The number of fused-ring (bicyclic) bond motifs is 1. The Bertz CT molecular complexity index is 547. The zero-order valence-corrected chi connectivity index (χ0v) is 10.7. The van der Waals surface area contributed by atoms with Crippen LogP contribution in [0.3, 0.4) is 0 Å². The summed E-state index contributed by atoms with van der Waals surface area (Å²) >= 11 is 0. The third-order valence-electron chi connectivity index (χ3n) is 3.88. The molecule has 2 N–H and O–H groups in total. The molecule has 5 nitrogen and oxygen atoms in total. The molecule has 0 aliphatic carbocycles. The summed E-state index contributed by atoms with van der Waals surface area (Å²) in [5.74, 6) is 0.598. The Morgan fingerprint density at radius 1 is 1.50 bits per heavy atom. The molecule has 1 aliphatic heterocycles. The van der Waals surface area contributed by atoms with Crippen LogP contribution in [0, 0.1) is 0 Å². The number of hydrogen-bond donors (Lipinski definition) is 1. The van der Waals surface area contributed by atoms with Crippen LogP contribution < -0.4 is 5.73 Å². The van der Waals surface area contributed by atoms with Crippen LogP contribution in [0.4, 0.5) is 5.95 Å². The Morgan fingerprint density at radius 3 is 3.22 bits per heavy atom. The Kier molecular flexibility index (Phi) is 2.91. The van der Waals surface area contributed by atoms with Crippen molar-refractivity contribution < 1.29 is 0 Å². The molecule has 1 unspecified atom stereocenters. The first-order valence-electron chi connectivity index (χ1n) is 6.59. The fourth-order valence-corrected chi connectivity index (χ4v) is 2.92. The number of likely N-dealkylation sites (N-methyl/N-ethyl adjacent to an activating group) is 1. The molecule has 0 radical (unpaired) electrons. The van der Waals surface area contributed by atoms with Gasteiger partial charge in [-0.3, -0.25) is 9.88 Å². The summed E-state index contributed by atoms with van der Waals surface area (Å²) < 4.78 is 2.12. The summed E-state index contributed by atoms with van der Waals surface area (Å²) in [6.07, 6.45) is 6.10. The smallest absolute Gasteiger partial charge is 0.201 e. The van der Waals surface area contributed by atoms with Gasteiger partial charge in [0.15, 0.2) is 0 Å². The number of aromatic nitrogens is 3. The molecule has 3 heterocycles. The lowest BCUT2D eigenvalue weighted by Crippen LogP contribution is -2.32. The molecule has 1 saturated heterocycles. The largest absolute Gasteiger partial charge is 0.369 e. The Balaban J connectivity index is 1.92. The van der Waals surface area contributed by atoms with Crippen LogP contribution in [0.15, 0.2) is 18.5 Å². The van der Waals surface area contributed by atoms with Crippen molar-refractivity contribution in [2.75, 3.05) is 18.8 Å². The normalized spacial score (nSPS) is 20.8. The molecule has 0 bridgehead atoms. The molecular formula is C13H19N5. The fourth-order valence-electron chi connectivity index (χ4n) is 2.92. The molecule has 0 spiro atoms. The molecule has 0 aromatic carbocycles. The lowest BCUT2D eigenvalue weighted by atomic mass is 10.2. The number of nitrogens with two attached hydrogens (primary N) is 1. The zero-order valence-electron chi connectivity index (χ0n) is 10.7. The van der Waals surface area contributed by atoms with E-state index in [0.717, 1.165) is 24.1 Å².